The molecule has 0 atom stereocenters. The summed E-state index contributed by atoms with van der Waals surface area (Å²) in [6.45, 7) is 2.37. The van der Waals surface area contributed by atoms with E-state index >= 15 is 0 Å². The number of amides is 2. The van der Waals surface area contributed by atoms with Crippen molar-refractivity contribution in [1.29, 1.82) is 0 Å². The van der Waals surface area contributed by atoms with Crippen molar-refractivity contribution < 1.29 is 9.59 Å². The molecule has 21 heavy (non-hydrogen) atoms. The number of nitrogens with one attached hydrogen (secondary N) is 1. The highest BCUT2D eigenvalue weighted by atomic mass is 16.2. The second kappa shape index (κ2) is 5.37. The number of carbonyl (C=O) groups excluding carboxylic acids is 2. The molecule has 2 aromatic rings. The molecule has 0 unspecified atom stereocenters. The minimum Gasteiger partial charge on any atom is -0.273 e. The van der Waals surface area contributed by atoms with Crippen LogP contribution in [0.3, 0.4) is 0 Å². The topological polar surface area (TPSA) is 79.0 Å². The zero-order valence-corrected chi connectivity index (χ0v) is 11.6. The van der Waals surface area contributed by atoms with Crippen LogP contribution in [0.4, 0.5) is 0 Å². The summed E-state index contributed by atoms with van der Waals surface area (Å²) in [6.07, 6.45) is 5.29. The Balaban J connectivity index is 1.85. The van der Waals surface area contributed by atoms with E-state index in [0.29, 0.717) is 35.1 Å². The standard InChI is InChI=1S/C15H14N4O2/c1-2-3-4-5-6-7-19-14(20)11-8-16-13-10(9-17-18-13)12(11)15(19)21/h8-9H,2-3,6-7H2,1H3,(H,16,17,18). The normalized spacial score (nSPS) is 13.5. The predicted octanol–water partition coefficient (Wildman–Crippen LogP) is 1.75. The smallest absolute Gasteiger partial charge is 0.263 e. The van der Waals surface area contributed by atoms with Crippen molar-refractivity contribution in [1.82, 2.24) is 20.1 Å². The molecule has 6 heteroatoms. The maximum absolute atomic E-state index is 12.4. The number of aromatic nitrogens is 3. The average molecular weight is 282 g/mol. The first kappa shape index (κ1) is 13.3. The van der Waals surface area contributed by atoms with Crippen molar-refractivity contribution in [3.8, 4) is 11.8 Å². The Morgan fingerprint density at radius 3 is 2.81 bits per heavy atom. The van der Waals surface area contributed by atoms with E-state index in [9.17, 15) is 9.59 Å². The van der Waals surface area contributed by atoms with E-state index < -0.39 is 0 Å². The van der Waals surface area contributed by atoms with E-state index in [1.54, 1.807) is 0 Å². The van der Waals surface area contributed by atoms with Gasteiger partial charge >= 0.3 is 0 Å². The van der Waals surface area contributed by atoms with Crippen molar-refractivity contribution in [3.63, 3.8) is 0 Å². The fraction of sp³-hybridized carbons (Fsp3) is 0.333. The molecule has 3 rings (SSSR count). The van der Waals surface area contributed by atoms with Crippen LogP contribution in [0, 0.1) is 11.8 Å². The molecule has 1 N–H and O–H groups in total. The van der Waals surface area contributed by atoms with Crippen molar-refractivity contribution in [2.45, 2.75) is 26.2 Å². The lowest BCUT2D eigenvalue weighted by Gasteiger charge is -2.10. The number of nitrogens with zero attached hydrogens (tertiary/aromatic N) is 3. The number of imide groups is 1. The van der Waals surface area contributed by atoms with Gasteiger partial charge in [-0.2, -0.15) is 5.10 Å². The molecule has 1 aliphatic rings. The van der Waals surface area contributed by atoms with Crippen molar-refractivity contribution in [3.05, 3.63) is 23.5 Å². The Morgan fingerprint density at radius 1 is 1.19 bits per heavy atom. The lowest BCUT2D eigenvalue weighted by Crippen LogP contribution is -2.30. The van der Waals surface area contributed by atoms with Crippen LogP contribution in [0.15, 0.2) is 12.4 Å². The molecule has 0 fully saturated rings. The van der Waals surface area contributed by atoms with Crippen molar-refractivity contribution in [2.75, 3.05) is 6.54 Å². The molecular formula is C15H14N4O2. The number of aromatic amines is 1. The number of rotatable bonds is 3. The molecule has 0 radical (unpaired) electrons. The summed E-state index contributed by atoms with van der Waals surface area (Å²) in [4.78, 5) is 30.0. The summed E-state index contributed by atoms with van der Waals surface area (Å²) in [6, 6.07) is 0. The Kier molecular flexibility index (Phi) is 3.40. The number of fused-ring (bicyclic) bond motifs is 3. The summed E-state index contributed by atoms with van der Waals surface area (Å²) < 4.78 is 0. The first-order valence-electron chi connectivity index (χ1n) is 6.88. The van der Waals surface area contributed by atoms with Gasteiger partial charge in [0.25, 0.3) is 11.8 Å². The maximum atomic E-state index is 12.4. The van der Waals surface area contributed by atoms with Crippen LogP contribution in [0.1, 0.15) is 46.9 Å². The number of hydrogen-bond acceptors (Lipinski definition) is 4. The van der Waals surface area contributed by atoms with E-state index in [4.69, 9.17) is 0 Å². The van der Waals surface area contributed by atoms with Gasteiger partial charge in [-0.05, 0) is 6.42 Å². The molecule has 0 aliphatic carbocycles. The van der Waals surface area contributed by atoms with Gasteiger partial charge in [0.05, 0.1) is 22.7 Å². The van der Waals surface area contributed by atoms with Gasteiger partial charge in [0, 0.05) is 25.6 Å². The largest absolute Gasteiger partial charge is 0.273 e. The molecule has 3 heterocycles. The van der Waals surface area contributed by atoms with Crippen LogP contribution < -0.4 is 0 Å². The lowest BCUT2D eigenvalue weighted by molar-refractivity contribution is 0.0658. The summed E-state index contributed by atoms with van der Waals surface area (Å²) in [7, 11) is 0. The van der Waals surface area contributed by atoms with Gasteiger partial charge in [0.1, 0.15) is 0 Å². The van der Waals surface area contributed by atoms with Crippen LogP contribution in [0.25, 0.3) is 11.0 Å². The van der Waals surface area contributed by atoms with E-state index in [-0.39, 0.29) is 11.8 Å². The minimum absolute atomic E-state index is 0.291. The number of pyridine rings is 1. The zero-order chi connectivity index (χ0) is 14.8. The average Bonchev–Trinajstić information content (AvgIpc) is 3.04. The molecule has 0 saturated heterocycles. The maximum Gasteiger partial charge on any atom is 0.263 e. The molecule has 0 saturated carbocycles. The molecule has 0 bridgehead atoms. The van der Waals surface area contributed by atoms with Gasteiger partial charge in [-0.1, -0.05) is 6.92 Å². The summed E-state index contributed by atoms with van der Waals surface area (Å²) in [5.41, 5.74) is 1.25. The monoisotopic (exact) mass is 282 g/mol. The predicted molar refractivity (Wildman–Crippen MR) is 76.6 cm³/mol. The summed E-state index contributed by atoms with van der Waals surface area (Å²) in [5, 5.41) is 7.16. The Hall–Kier alpha value is -2.68. The second-order valence-electron chi connectivity index (χ2n) is 4.79. The Morgan fingerprint density at radius 2 is 2.00 bits per heavy atom. The van der Waals surface area contributed by atoms with E-state index in [2.05, 4.69) is 33.9 Å². The zero-order valence-electron chi connectivity index (χ0n) is 11.6. The first-order valence-corrected chi connectivity index (χ1v) is 6.88. The third-order valence-electron chi connectivity index (χ3n) is 3.38. The number of carbonyl (C=O) groups is 2. The fourth-order valence-corrected chi connectivity index (χ4v) is 2.34. The van der Waals surface area contributed by atoms with Gasteiger partial charge in [-0.25, -0.2) is 4.98 Å². The van der Waals surface area contributed by atoms with E-state index in [0.717, 1.165) is 12.8 Å². The van der Waals surface area contributed by atoms with Gasteiger partial charge in [-0.3, -0.25) is 19.6 Å². The van der Waals surface area contributed by atoms with Gasteiger partial charge in [0.15, 0.2) is 5.65 Å². The number of H-pyrrole nitrogens is 1. The Labute approximate surface area is 121 Å². The highest BCUT2D eigenvalue weighted by molar-refractivity contribution is 6.25. The Bertz CT molecular complexity index is 782. The second-order valence-corrected chi connectivity index (χ2v) is 4.79. The molecule has 2 aromatic heterocycles. The van der Waals surface area contributed by atoms with Gasteiger partial charge in [-0.15, -0.1) is 11.8 Å². The van der Waals surface area contributed by atoms with E-state index in [1.165, 1.54) is 17.3 Å². The highest BCUT2D eigenvalue weighted by Crippen LogP contribution is 2.27. The number of unbranched alkanes of at least 4 members (excludes halogenated alkanes) is 1. The van der Waals surface area contributed by atoms with Crippen LogP contribution >= 0.6 is 0 Å². The quantitative estimate of drug-likeness (QED) is 0.687. The molecule has 2 amide bonds. The van der Waals surface area contributed by atoms with Gasteiger partial charge in [0.2, 0.25) is 0 Å². The molecule has 6 nitrogen and oxygen atoms in total. The molecule has 106 valence electrons. The molecular weight excluding hydrogens is 268 g/mol. The van der Waals surface area contributed by atoms with Crippen molar-refractivity contribution in [2.24, 2.45) is 0 Å². The fourth-order valence-electron chi connectivity index (χ4n) is 2.34. The summed E-state index contributed by atoms with van der Waals surface area (Å²) in [5.74, 6) is 5.40. The van der Waals surface area contributed by atoms with Crippen LogP contribution in [-0.2, 0) is 0 Å². The highest BCUT2D eigenvalue weighted by Gasteiger charge is 2.37. The third kappa shape index (κ3) is 2.17. The molecule has 1 aliphatic heterocycles. The minimum atomic E-state index is -0.303. The van der Waals surface area contributed by atoms with Crippen LogP contribution in [0.5, 0.6) is 0 Å². The van der Waals surface area contributed by atoms with Gasteiger partial charge < -0.3 is 0 Å². The van der Waals surface area contributed by atoms with Crippen LogP contribution in [-0.4, -0.2) is 38.4 Å². The van der Waals surface area contributed by atoms with Crippen molar-refractivity contribution >= 4 is 22.8 Å². The molecule has 0 aromatic carbocycles. The lowest BCUT2D eigenvalue weighted by atomic mass is 10.1. The number of hydrogen-bond donors (Lipinski definition) is 1. The van der Waals surface area contributed by atoms with Crippen LogP contribution in [0.2, 0.25) is 0 Å². The third-order valence-corrected chi connectivity index (χ3v) is 3.38. The molecule has 0 spiro atoms. The first-order chi connectivity index (χ1) is 10.2. The SMILES string of the molecule is CCCC#CCCN1C(=O)c2cnc3[nH]ncc3c2C1=O. The summed E-state index contributed by atoms with van der Waals surface area (Å²) >= 11 is 0. The van der Waals surface area contributed by atoms with E-state index in [1.807, 2.05) is 0 Å².